The van der Waals surface area contributed by atoms with E-state index in [0.717, 1.165) is 47.1 Å². The Morgan fingerprint density at radius 2 is 1.64 bits per heavy atom. The minimum absolute atomic E-state index is 0.103. The van der Waals surface area contributed by atoms with Crippen LogP contribution in [0.3, 0.4) is 0 Å². The molecule has 4 N–H and O–H groups in total. The van der Waals surface area contributed by atoms with Crippen LogP contribution in [0, 0.1) is 0 Å². The number of benzene rings is 3. The fourth-order valence-electron chi connectivity index (χ4n) is 6.21. The number of nitrogens with one attached hydrogen (secondary N) is 2. The third-order valence-corrected chi connectivity index (χ3v) is 8.74. The van der Waals surface area contributed by atoms with E-state index >= 15 is 0 Å². The lowest BCUT2D eigenvalue weighted by Crippen LogP contribution is -2.46. The van der Waals surface area contributed by atoms with Gasteiger partial charge in [0.2, 0.25) is 5.91 Å². The summed E-state index contributed by atoms with van der Waals surface area (Å²) in [5.41, 5.74) is 3.72. The Bertz CT molecular complexity index is 1530. The lowest BCUT2D eigenvalue weighted by molar-refractivity contribution is -0.143. The molecule has 2 amide bonds. The number of rotatable bonds is 12. The van der Waals surface area contributed by atoms with Gasteiger partial charge < -0.3 is 35.1 Å². The average molecular weight is 643 g/mol. The van der Waals surface area contributed by atoms with E-state index in [2.05, 4.69) is 22.8 Å². The molecule has 3 aromatic carbocycles. The van der Waals surface area contributed by atoms with Crippen LogP contribution in [0.25, 0.3) is 11.1 Å². The molecule has 5 rings (SSSR count). The number of carbonyl (C=O) groups excluding carboxylic acids is 3. The summed E-state index contributed by atoms with van der Waals surface area (Å²) < 4.78 is 16.3. The predicted molar refractivity (Wildman–Crippen MR) is 176 cm³/mol. The SMILES string of the molecule is COC(=O)[C@H](Cc1ccc(OCCNC(=O)CC2(O)CCCC/C=C\C2O)cc1)NC(=O)OCC1c2ccccc2-c2ccccc21. The zero-order valence-electron chi connectivity index (χ0n) is 26.5. The molecule has 2 aliphatic carbocycles. The Hall–Kier alpha value is -4.67. The topological polar surface area (TPSA) is 143 Å². The number of amides is 2. The van der Waals surface area contributed by atoms with E-state index in [1.165, 1.54) is 7.11 Å². The van der Waals surface area contributed by atoms with Gasteiger partial charge >= 0.3 is 12.1 Å². The Balaban J connectivity index is 1.08. The Morgan fingerprint density at radius 1 is 0.957 bits per heavy atom. The van der Waals surface area contributed by atoms with Gasteiger partial charge in [-0.2, -0.15) is 0 Å². The predicted octanol–water partition coefficient (Wildman–Crippen LogP) is 4.42. The van der Waals surface area contributed by atoms with Crippen molar-refractivity contribution in [1.82, 2.24) is 10.6 Å². The molecular weight excluding hydrogens is 600 g/mol. The lowest BCUT2D eigenvalue weighted by Gasteiger charge is -2.32. The van der Waals surface area contributed by atoms with Crippen molar-refractivity contribution in [2.75, 3.05) is 26.9 Å². The lowest BCUT2D eigenvalue weighted by atomic mass is 9.84. The first kappa shape index (κ1) is 33.7. The highest BCUT2D eigenvalue weighted by molar-refractivity contribution is 5.82. The van der Waals surface area contributed by atoms with Gasteiger partial charge in [0.25, 0.3) is 0 Å². The first-order valence-corrected chi connectivity index (χ1v) is 16.0. The fraction of sp³-hybridized carbons (Fsp3) is 0.378. The first-order chi connectivity index (χ1) is 22.8. The Morgan fingerprint density at radius 3 is 2.32 bits per heavy atom. The van der Waals surface area contributed by atoms with Gasteiger partial charge in [-0.1, -0.05) is 79.2 Å². The molecule has 0 spiro atoms. The van der Waals surface area contributed by atoms with E-state index in [1.54, 1.807) is 30.3 Å². The number of aliphatic hydroxyl groups excluding tert-OH is 1. The van der Waals surface area contributed by atoms with Gasteiger partial charge in [-0.05, 0) is 59.2 Å². The zero-order valence-corrected chi connectivity index (χ0v) is 26.5. The van der Waals surface area contributed by atoms with Gasteiger partial charge in [-0.25, -0.2) is 9.59 Å². The number of carbonyl (C=O) groups is 3. The second-order valence-corrected chi connectivity index (χ2v) is 12.0. The highest BCUT2D eigenvalue weighted by Gasteiger charge is 2.36. The van der Waals surface area contributed by atoms with E-state index in [-0.39, 0.29) is 44.4 Å². The quantitative estimate of drug-likeness (QED) is 0.129. The van der Waals surface area contributed by atoms with Crippen molar-refractivity contribution >= 4 is 18.0 Å². The van der Waals surface area contributed by atoms with E-state index in [9.17, 15) is 24.6 Å². The number of allylic oxidation sites excluding steroid dienone is 1. The minimum Gasteiger partial charge on any atom is -0.492 e. The number of hydrogen-bond acceptors (Lipinski definition) is 8. The molecule has 0 saturated carbocycles. The third-order valence-electron chi connectivity index (χ3n) is 8.74. The number of methoxy groups -OCH3 is 1. The van der Waals surface area contributed by atoms with Gasteiger partial charge in [0.15, 0.2) is 0 Å². The van der Waals surface area contributed by atoms with Crippen molar-refractivity contribution in [1.29, 1.82) is 0 Å². The number of esters is 1. The van der Waals surface area contributed by atoms with E-state index < -0.39 is 29.8 Å². The van der Waals surface area contributed by atoms with Crippen LogP contribution in [0.4, 0.5) is 4.79 Å². The summed E-state index contributed by atoms with van der Waals surface area (Å²) >= 11 is 0. The monoisotopic (exact) mass is 642 g/mol. The summed E-state index contributed by atoms with van der Waals surface area (Å²) in [6, 6.07) is 22.2. The molecule has 0 saturated heterocycles. The molecule has 248 valence electrons. The van der Waals surface area contributed by atoms with Crippen LogP contribution in [0.1, 0.15) is 54.7 Å². The molecule has 3 aromatic rings. The second kappa shape index (κ2) is 15.8. The van der Waals surface area contributed by atoms with E-state index in [1.807, 2.05) is 42.5 Å². The molecule has 0 radical (unpaired) electrons. The van der Waals surface area contributed by atoms with Gasteiger partial charge in [0.1, 0.15) is 36.7 Å². The summed E-state index contributed by atoms with van der Waals surface area (Å²) in [7, 11) is 1.27. The van der Waals surface area contributed by atoms with Crippen LogP contribution in [0.2, 0.25) is 0 Å². The molecule has 0 fully saturated rings. The molecule has 0 aromatic heterocycles. The molecule has 0 aliphatic heterocycles. The van der Waals surface area contributed by atoms with Crippen molar-refractivity contribution in [2.45, 2.75) is 62.2 Å². The van der Waals surface area contributed by atoms with Crippen molar-refractivity contribution in [2.24, 2.45) is 0 Å². The van der Waals surface area contributed by atoms with Crippen molar-refractivity contribution < 1.29 is 38.8 Å². The zero-order chi connectivity index (χ0) is 33.2. The highest BCUT2D eigenvalue weighted by atomic mass is 16.6. The van der Waals surface area contributed by atoms with E-state index in [0.29, 0.717) is 12.2 Å². The number of hydrogen-bond donors (Lipinski definition) is 4. The van der Waals surface area contributed by atoms with Gasteiger partial charge in [0, 0.05) is 12.3 Å². The van der Waals surface area contributed by atoms with Gasteiger partial charge in [0.05, 0.1) is 20.1 Å². The van der Waals surface area contributed by atoms with Gasteiger partial charge in [-0.15, -0.1) is 0 Å². The third kappa shape index (κ3) is 8.58. The summed E-state index contributed by atoms with van der Waals surface area (Å²) in [4.78, 5) is 37.8. The maximum absolute atomic E-state index is 12.8. The smallest absolute Gasteiger partial charge is 0.407 e. The van der Waals surface area contributed by atoms with Crippen LogP contribution in [0.5, 0.6) is 5.75 Å². The second-order valence-electron chi connectivity index (χ2n) is 12.0. The largest absolute Gasteiger partial charge is 0.492 e. The maximum Gasteiger partial charge on any atom is 0.407 e. The molecular formula is C37H42N2O8. The summed E-state index contributed by atoms with van der Waals surface area (Å²) in [6.07, 6.45) is 4.42. The Kier molecular flexibility index (Phi) is 11.3. The highest BCUT2D eigenvalue weighted by Crippen LogP contribution is 2.44. The van der Waals surface area contributed by atoms with Crippen LogP contribution in [0.15, 0.2) is 84.9 Å². The molecule has 47 heavy (non-hydrogen) atoms. The average Bonchev–Trinajstić information content (AvgIpc) is 3.40. The summed E-state index contributed by atoms with van der Waals surface area (Å²) in [5, 5.41) is 26.5. The number of alkyl carbamates (subject to hydrolysis) is 1. The van der Waals surface area contributed by atoms with Gasteiger partial charge in [-0.3, -0.25) is 4.79 Å². The van der Waals surface area contributed by atoms with Crippen LogP contribution in [-0.2, 0) is 25.5 Å². The number of fused-ring (bicyclic) bond motifs is 3. The van der Waals surface area contributed by atoms with Crippen molar-refractivity contribution in [3.05, 3.63) is 102 Å². The molecule has 10 heteroatoms. The summed E-state index contributed by atoms with van der Waals surface area (Å²) in [5.74, 6) is -0.505. The molecule has 2 unspecified atom stereocenters. The number of aliphatic hydroxyl groups is 2. The standard InChI is InChI=1S/C37H42N2O8/c1-45-35(42)32(39-36(43)47-24-31-29-12-7-5-10-27(29)28-11-6-8-13-30(28)31)22-25-15-17-26(18-16-25)46-21-20-38-34(41)23-37(44)19-9-3-2-4-14-33(37)40/h4-8,10-18,31-33,40,44H,2-3,9,19-24H2,1H3,(H,38,41)(H,39,43)/b14-4-/t32-,33?,37?/m0/s1. The normalized spacial score (nSPS) is 20.0. The van der Waals surface area contributed by atoms with Crippen molar-refractivity contribution in [3.8, 4) is 16.9 Å². The van der Waals surface area contributed by atoms with Crippen LogP contribution >= 0.6 is 0 Å². The minimum atomic E-state index is -1.49. The Labute approximate surface area is 274 Å². The molecule has 3 atom stereocenters. The molecule has 0 heterocycles. The summed E-state index contributed by atoms with van der Waals surface area (Å²) in [6.45, 7) is 0.539. The van der Waals surface area contributed by atoms with E-state index in [4.69, 9.17) is 14.2 Å². The molecule has 10 nitrogen and oxygen atoms in total. The molecule has 2 aliphatic rings. The van der Waals surface area contributed by atoms with Crippen LogP contribution < -0.4 is 15.4 Å². The van der Waals surface area contributed by atoms with Crippen LogP contribution in [-0.4, -0.2) is 72.8 Å². The first-order valence-electron chi connectivity index (χ1n) is 16.0. The number of ether oxygens (including phenoxy) is 3. The maximum atomic E-state index is 12.8. The molecule has 0 bridgehead atoms. The fourth-order valence-corrected chi connectivity index (χ4v) is 6.21. The van der Waals surface area contributed by atoms with Crippen molar-refractivity contribution in [3.63, 3.8) is 0 Å².